The first-order valence-electron chi connectivity index (χ1n) is 9.12. The van der Waals surface area contributed by atoms with Gasteiger partial charge in [0.1, 0.15) is 5.82 Å². The highest BCUT2D eigenvalue weighted by molar-refractivity contribution is 14.0. The van der Waals surface area contributed by atoms with Gasteiger partial charge in [-0.3, -0.25) is 9.89 Å². The molecule has 1 heterocycles. The predicted molar refractivity (Wildman–Crippen MR) is 116 cm³/mol. The summed E-state index contributed by atoms with van der Waals surface area (Å²) < 4.78 is 18.8. The van der Waals surface area contributed by atoms with E-state index >= 15 is 0 Å². The Morgan fingerprint density at radius 1 is 1.27 bits per heavy atom. The van der Waals surface area contributed by atoms with Crippen LogP contribution in [0.2, 0.25) is 0 Å². The van der Waals surface area contributed by atoms with Gasteiger partial charge >= 0.3 is 0 Å². The number of halogens is 2. The van der Waals surface area contributed by atoms with E-state index in [1.807, 2.05) is 12.1 Å². The molecule has 1 saturated heterocycles. The van der Waals surface area contributed by atoms with Gasteiger partial charge in [-0.15, -0.1) is 24.0 Å². The number of benzene rings is 1. The van der Waals surface area contributed by atoms with E-state index in [0.29, 0.717) is 12.5 Å². The minimum atomic E-state index is -0.102. The maximum atomic E-state index is 13.8. The van der Waals surface area contributed by atoms with Crippen molar-refractivity contribution in [3.63, 3.8) is 0 Å². The molecule has 0 amide bonds. The van der Waals surface area contributed by atoms with E-state index in [-0.39, 0.29) is 29.8 Å². The van der Waals surface area contributed by atoms with E-state index in [0.717, 1.165) is 63.6 Å². The second kappa shape index (κ2) is 13.3. The Labute approximate surface area is 173 Å². The Morgan fingerprint density at radius 3 is 2.65 bits per heavy atom. The van der Waals surface area contributed by atoms with Gasteiger partial charge in [0.2, 0.25) is 0 Å². The Hall–Kier alpha value is -0.930. The van der Waals surface area contributed by atoms with Crippen LogP contribution in [-0.2, 0) is 11.3 Å². The fourth-order valence-corrected chi connectivity index (χ4v) is 3.10. The second-order valence-corrected chi connectivity index (χ2v) is 6.54. The van der Waals surface area contributed by atoms with Crippen LogP contribution in [0.4, 0.5) is 4.39 Å². The molecule has 0 atom stereocenters. The molecule has 1 fully saturated rings. The molecule has 0 bridgehead atoms. The summed E-state index contributed by atoms with van der Waals surface area (Å²) >= 11 is 0. The summed E-state index contributed by atoms with van der Waals surface area (Å²) in [5, 5.41) is 6.71. The molecule has 1 aliphatic heterocycles. The predicted octanol–water partition coefficient (Wildman–Crippen LogP) is 2.86. The lowest BCUT2D eigenvalue weighted by molar-refractivity contribution is 0.176. The van der Waals surface area contributed by atoms with Crippen LogP contribution < -0.4 is 10.6 Å². The highest BCUT2D eigenvalue weighted by atomic mass is 127. The molecule has 0 aromatic heterocycles. The van der Waals surface area contributed by atoms with Crippen molar-refractivity contribution in [2.24, 2.45) is 10.9 Å². The Bertz CT molecular complexity index is 536. The molecule has 148 valence electrons. The molecular weight excluding hydrogens is 446 g/mol. The number of likely N-dealkylation sites (tertiary alicyclic amines) is 1. The van der Waals surface area contributed by atoms with Crippen molar-refractivity contribution in [3.8, 4) is 0 Å². The molecule has 0 radical (unpaired) electrons. The normalized spacial score (nSPS) is 16.2. The SMILES string of the molecule is CN=C(NCCCOC)NCC1CCN(Cc2ccccc2F)CC1.I. The molecule has 0 aliphatic carbocycles. The van der Waals surface area contributed by atoms with Crippen molar-refractivity contribution < 1.29 is 9.13 Å². The Morgan fingerprint density at radius 2 is 2.00 bits per heavy atom. The van der Waals surface area contributed by atoms with Crippen LogP contribution in [0.1, 0.15) is 24.8 Å². The lowest BCUT2D eigenvalue weighted by Gasteiger charge is -2.32. The number of hydrogen-bond acceptors (Lipinski definition) is 3. The second-order valence-electron chi connectivity index (χ2n) is 6.54. The van der Waals surface area contributed by atoms with Crippen LogP contribution in [0, 0.1) is 11.7 Å². The maximum absolute atomic E-state index is 13.8. The third-order valence-corrected chi connectivity index (χ3v) is 4.66. The van der Waals surface area contributed by atoms with Gasteiger partial charge in [-0.2, -0.15) is 0 Å². The zero-order valence-electron chi connectivity index (χ0n) is 15.8. The number of guanidine groups is 1. The summed E-state index contributed by atoms with van der Waals surface area (Å²) in [6.07, 6.45) is 3.22. The first kappa shape index (κ1) is 23.1. The van der Waals surface area contributed by atoms with E-state index in [1.54, 1.807) is 20.2 Å². The molecule has 2 rings (SSSR count). The van der Waals surface area contributed by atoms with Crippen LogP contribution in [0.5, 0.6) is 0 Å². The summed E-state index contributed by atoms with van der Waals surface area (Å²) in [5.41, 5.74) is 0.791. The average Bonchev–Trinajstić information content (AvgIpc) is 2.64. The zero-order valence-corrected chi connectivity index (χ0v) is 18.2. The van der Waals surface area contributed by atoms with Gasteiger partial charge in [-0.25, -0.2) is 4.39 Å². The van der Waals surface area contributed by atoms with Gasteiger partial charge in [0.05, 0.1) is 0 Å². The van der Waals surface area contributed by atoms with Gasteiger partial charge in [0.15, 0.2) is 5.96 Å². The van der Waals surface area contributed by atoms with Crippen LogP contribution in [0.3, 0.4) is 0 Å². The van der Waals surface area contributed by atoms with Crippen LogP contribution >= 0.6 is 24.0 Å². The highest BCUT2D eigenvalue weighted by Gasteiger charge is 2.20. The lowest BCUT2D eigenvalue weighted by atomic mass is 9.96. The lowest BCUT2D eigenvalue weighted by Crippen LogP contribution is -2.43. The molecule has 26 heavy (non-hydrogen) atoms. The monoisotopic (exact) mass is 478 g/mol. The number of methoxy groups -OCH3 is 1. The number of nitrogens with zero attached hydrogens (tertiary/aromatic N) is 2. The quantitative estimate of drug-likeness (QED) is 0.261. The van der Waals surface area contributed by atoms with Crippen LogP contribution in [0.25, 0.3) is 0 Å². The van der Waals surface area contributed by atoms with E-state index in [9.17, 15) is 4.39 Å². The fourth-order valence-electron chi connectivity index (χ4n) is 3.10. The van der Waals surface area contributed by atoms with Gasteiger partial charge in [-0.05, 0) is 44.3 Å². The minimum Gasteiger partial charge on any atom is -0.385 e. The zero-order chi connectivity index (χ0) is 17.9. The van der Waals surface area contributed by atoms with E-state index in [1.165, 1.54) is 6.07 Å². The number of aliphatic imine (C=N–C) groups is 1. The van der Waals surface area contributed by atoms with Crippen LogP contribution in [-0.4, -0.2) is 57.8 Å². The molecule has 7 heteroatoms. The third-order valence-electron chi connectivity index (χ3n) is 4.66. The molecule has 0 saturated carbocycles. The van der Waals surface area contributed by atoms with E-state index in [2.05, 4.69) is 20.5 Å². The number of hydrogen-bond donors (Lipinski definition) is 2. The van der Waals surface area contributed by atoms with Crippen molar-refractivity contribution in [2.75, 3.05) is 46.9 Å². The van der Waals surface area contributed by atoms with E-state index in [4.69, 9.17) is 4.74 Å². The first-order chi connectivity index (χ1) is 12.2. The van der Waals surface area contributed by atoms with E-state index < -0.39 is 0 Å². The number of rotatable bonds is 8. The number of ether oxygens (including phenoxy) is 1. The molecule has 5 nitrogen and oxygen atoms in total. The smallest absolute Gasteiger partial charge is 0.190 e. The fraction of sp³-hybridized carbons (Fsp3) is 0.632. The summed E-state index contributed by atoms with van der Waals surface area (Å²) in [6.45, 7) is 5.27. The molecule has 1 aromatic rings. The van der Waals surface area contributed by atoms with Crippen molar-refractivity contribution in [1.29, 1.82) is 0 Å². The first-order valence-corrected chi connectivity index (χ1v) is 9.12. The number of nitrogens with one attached hydrogen (secondary N) is 2. The molecule has 1 aliphatic rings. The minimum absolute atomic E-state index is 0. The Balaban J connectivity index is 0.00000338. The summed E-state index contributed by atoms with van der Waals surface area (Å²) in [7, 11) is 3.51. The topological polar surface area (TPSA) is 48.9 Å². The molecule has 0 unspecified atom stereocenters. The molecular formula is C19H32FIN4O. The van der Waals surface area contributed by atoms with Gasteiger partial charge in [0, 0.05) is 46.0 Å². The maximum Gasteiger partial charge on any atom is 0.190 e. The van der Waals surface area contributed by atoms with Crippen LogP contribution in [0.15, 0.2) is 29.3 Å². The summed E-state index contributed by atoms with van der Waals surface area (Å²) in [4.78, 5) is 6.59. The summed E-state index contributed by atoms with van der Waals surface area (Å²) in [6, 6.07) is 7.06. The molecule has 0 spiro atoms. The third kappa shape index (κ3) is 8.18. The standard InChI is InChI=1S/C19H31FN4O.HI/c1-21-19(22-10-5-13-25-2)23-14-16-8-11-24(12-9-16)15-17-6-3-4-7-18(17)20;/h3-4,6-7,16H,5,8-15H2,1-2H3,(H2,21,22,23);1H. The van der Waals surface area contributed by atoms with Crippen molar-refractivity contribution >= 4 is 29.9 Å². The Kier molecular flexibility index (Phi) is 11.8. The molecule has 2 N–H and O–H groups in total. The average molecular weight is 478 g/mol. The van der Waals surface area contributed by atoms with Crippen molar-refractivity contribution in [3.05, 3.63) is 35.6 Å². The van der Waals surface area contributed by atoms with Crippen molar-refractivity contribution in [1.82, 2.24) is 15.5 Å². The van der Waals surface area contributed by atoms with Crippen molar-refractivity contribution in [2.45, 2.75) is 25.8 Å². The largest absolute Gasteiger partial charge is 0.385 e. The molecule has 1 aromatic carbocycles. The highest BCUT2D eigenvalue weighted by Crippen LogP contribution is 2.19. The van der Waals surface area contributed by atoms with Gasteiger partial charge in [0.25, 0.3) is 0 Å². The number of piperidine rings is 1. The van der Waals surface area contributed by atoms with Gasteiger partial charge in [-0.1, -0.05) is 18.2 Å². The van der Waals surface area contributed by atoms with Gasteiger partial charge < -0.3 is 15.4 Å². The summed E-state index contributed by atoms with van der Waals surface area (Å²) in [5.74, 6) is 1.38.